The van der Waals surface area contributed by atoms with Gasteiger partial charge in [-0.15, -0.1) is 0 Å². The Morgan fingerprint density at radius 3 is 2.54 bits per heavy atom. The van der Waals surface area contributed by atoms with E-state index in [1.165, 1.54) is 0 Å². The van der Waals surface area contributed by atoms with Gasteiger partial charge in [-0.2, -0.15) is 4.98 Å². The van der Waals surface area contributed by atoms with Crippen LogP contribution in [0.1, 0.15) is 38.6 Å². The lowest BCUT2D eigenvalue weighted by Crippen LogP contribution is -2.40. The van der Waals surface area contributed by atoms with E-state index in [2.05, 4.69) is 20.0 Å². The van der Waals surface area contributed by atoms with Gasteiger partial charge in [0.05, 0.1) is 7.11 Å². The molecule has 2 rings (SSSR count). The minimum absolute atomic E-state index is 0.195. The van der Waals surface area contributed by atoms with Crippen LogP contribution in [0.15, 0.2) is 28.8 Å². The molecule has 0 fully saturated rings. The summed E-state index contributed by atoms with van der Waals surface area (Å²) in [5, 5.41) is 15.7. The Morgan fingerprint density at radius 2 is 2.00 bits per heavy atom. The van der Waals surface area contributed by atoms with Crippen molar-refractivity contribution in [3.8, 4) is 11.8 Å². The third-order valence-corrected chi connectivity index (χ3v) is 3.54. The van der Waals surface area contributed by atoms with Gasteiger partial charge in [0.1, 0.15) is 11.4 Å². The Morgan fingerprint density at radius 1 is 1.31 bits per heavy atom. The minimum atomic E-state index is -0.575. The maximum atomic E-state index is 12.1. The molecular weight excluding hydrogens is 338 g/mol. The van der Waals surface area contributed by atoms with E-state index in [1.54, 1.807) is 7.11 Å². The first-order valence-corrected chi connectivity index (χ1v) is 8.39. The maximum Gasteiger partial charge on any atom is 0.414 e. The Bertz CT molecular complexity index is 706. The number of aromatic nitrogens is 2. The molecule has 26 heavy (non-hydrogen) atoms. The van der Waals surface area contributed by atoms with Crippen LogP contribution in [0.3, 0.4) is 0 Å². The Balaban J connectivity index is 2.02. The van der Waals surface area contributed by atoms with Crippen molar-refractivity contribution in [1.82, 2.24) is 15.5 Å². The number of benzene rings is 1. The van der Waals surface area contributed by atoms with Gasteiger partial charge in [-0.05, 0) is 51.3 Å². The molecule has 142 valence electrons. The van der Waals surface area contributed by atoms with E-state index in [1.807, 2.05) is 45.0 Å². The van der Waals surface area contributed by atoms with Crippen LogP contribution in [-0.4, -0.2) is 40.1 Å². The van der Waals surface area contributed by atoms with E-state index in [0.717, 1.165) is 11.3 Å². The molecule has 1 heterocycles. The van der Waals surface area contributed by atoms with Gasteiger partial charge >= 0.3 is 12.2 Å². The molecule has 1 aromatic carbocycles. The third kappa shape index (κ3) is 6.62. The maximum absolute atomic E-state index is 12.1. The van der Waals surface area contributed by atoms with Crippen molar-refractivity contribution in [3.63, 3.8) is 0 Å². The topological polar surface area (TPSA) is 107 Å². The number of aromatic hydroxyl groups is 1. The number of nitrogens with one attached hydrogen (secondary N) is 1. The highest BCUT2D eigenvalue weighted by molar-refractivity contribution is 5.68. The summed E-state index contributed by atoms with van der Waals surface area (Å²) < 4.78 is 15.1. The van der Waals surface area contributed by atoms with E-state index >= 15 is 0 Å². The summed E-state index contributed by atoms with van der Waals surface area (Å²) in [5.41, 5.74) is 0.469. The fourth-order valence-electron chi connectivity index (χ4n) is 2.40. The van der Waals surface area contributed by atoms with Gasteiger partial charge < -0.3 is 19.9 Å². The first kappa shape index (κ1) is 19.6. The molecule has 8 heteroatoms. The van der Waals surface area contributed by atoms with Crippen molar-refractivity contribution in [2.24, 2.45) is 0 Å². The van der Waals surface area contributed by atoms with Crippen LogP contribution in [0.4, 0.5) is 4.79 Å². The molecule has 0 aliphatic heterocycles. The van der Waals surface area contributed by atoms with E-state index in [4.69, 9.17) is 14.6 Å². The van der Waals surface area contributed by atoms with Gasteiger partial charge in [-0.25, -0.2) is 4.79 Å². The molecule has 0 spiro atoms. The summed E-state index contributed by atoms with van der Waals surface area (Å²) in [7, 11) is 1.61. The van der Waals surface area contributed by atoms with Crippen molar-refractivity contribution in [3.05, 3.63) is 35.7 Å². The molecule has 2 N–H and O–H groups in total. The quantitative estimate of drug-likeness (QED) is 0.779. The Kier molecular flexibility index (Phi) is 6.43. The van der Waals surface area contributed by atoms with Crippen molar-refractivity contribution in [1.29, 1.82) is 0 Å². The molecule has 0 aliphatic rings. The standard InChI is InChI=1S/C18H25N3O5/c1-18(2,3)25-16(22)19-13(7-10-15-20-17(23)26-21-15)11-12-5-8-14(24-4)9-6-12/h5-6,8-9,13H,7,10-11H2,1-4H3,(H,19,22)(H,20,21,23). The zero-order chi connectivity index (χ0) is 19.2. The second-order valence-corrected chi connectivity index (χ2v) is 6.93. The predicted molar refractivity (Wildman–Crippen MR) is 94.1 cm³/mol. The summed E-state index contributed by atoms with van der Waals surface area (Å²) in [6.45, 7) is 5.44. The Hall–Kier alpha value is -2.77. The van der Waals surface area contributed by atoms with E-state index < -0.39 is 17.8 Å². The number of nitrogens with zero attached hydrogens (tertiary/aromatic N) is 2. The molecule has 2 aromatic rings. The molecule has 1 atom stereocenters. The van der Waals surface area contributed by atoms with Gasteiger partial charge in [0, 0.05) is 12.5 Å². The number of rotatable bonds is 7. The number of carbonyl (C=O) groups is 1. The molecule has 1 aromatic heterocycles. The van der Waals surface area contributed by atoms with Crippen molar-refractivity contribution in [2.75, 3.05) is 7.11 Å². The molecule has 1 unspecified atom stereocenters. The van der Waals surface area contributed by atoms with Crippen LogP contribution in [0, 0.1) is 0 Å². The van der Waals surface area contributed by atoms with Gasteiger partial charge in [0.25, 0.3) is 0 Å². The number of ether oxygens (including phenoxy) is 2. The number of alkyl carbamates (subject to hydrolysis) is 1. The fraction of sp³-hybridized carbons (Fsp3) is 0.500. The smallest absolute Gasteiger partial charge is 0.414 e. The summed E-state index contributed by atoms with van der Waals surface area (Å²) in [6, 6.07) is 7.44. The van der Waals surface area contributed by atoms with E-state index in [0.29, 0.717) is 25.1 Å². The number of methoxy groups -OCH3 is 1. The van der Waals surface area contributed by atoms with Crippen LogP contribution in [-0.2, 0) is 17.6 Å². The average molecular weight is 363 g/mol. The summed E-state index contributed by atoms with van der Waals surface area (Å²) in [5.74, 6) is 1.15. The summed E-state index contributed by atoms with van der Waals surface area (Å²) in [6.07, 6.45) is 0.664. The minimum Gasteiger partial charge on any atom is -0.497 e. The lowest BCUT2D eigenvalue weighted by atomic mass is 10.0. The van der Waals surface area contributed by atoms with E-state index in [-0.39, 0.29) is 6.04 Å². The van der Waals surface area contributed by atoms with Crippen molar-refractivity contribution < 1.29 is 23.9 Å². The lowest BCUT2D eigenvalue weighted by molar-refractivity contribution is 0.0501. The SMILES string of the molecule is COc1ccc(CC(CCc2noc(O)n2)NC(=O)OC(C)(C)C)cc1. The van der Waals surface area contributed by atoms with Gasteiger partial charge in [-0.1, -0.05) is 17.3 Å². The molecule has 8 nitrogen and oxygen atoms in total. The average Bonchev–Trinajstić information content (AvgIpc) is 2.97. The molecule has 0 bridgehead atoms. The lowest BCUT2D eigenvalue weighted by Gasteiger charge is -2.23. The summed E-state index contributed by atoms with van der Waals surface area (Å²) >= 11 is 0. The predicted octanol–water partition coefficient (Wildman–Crippen LogP) is 2.85. The van der Waals surface area contributed by atoms with Crippen LogP contribution in [0.5, 0.6) is 11.8 Å². The van der Waals surface area contributed by atoms with E-state index in [9.17, 15) is 4.79 Å². The fourth-order valence-corrected chi connectivity index (χ4v) is 2.40. The number of carbonyl (C=O) groups excluding carboxylic acids is 1. The number of aryl methyl sites for hydroxylation is 1. The molecule has 1 amide bonds. The van der Waals surface area contributed by atoms with Gasteiger partial charge in [0.15, 0.2) is 5.82 Å². The third-order valence-electron chi connectivity index (χ3n) is 3.54. The second kappa shape index (κ2) is 8.55. The number of amides is 1. The molecule has 0 radical (unpaired) electrons. The first-order chi connectivity index (χ1) is 12.2. The van der Waals surface area contributed by atoms with Crippen molar-refractivity contribution >= 4 is 6.09 Å². The Labute approximate surface area is 152 Å². The zero-order valence-electron chi connectivity index (χ0n) is 15.5. The van der Waals surface area contributed by atoms with Crippen LogP contribution >= 0.6 is 0 Å². The largest absolute Gasteiger partial charge is 0.497 e. The number of hydrogen-bond donors (Lipinski definition) is 2. The first-order valence-electron chi connectivity index (χ1n) is 8.39. The van der Waals surface area contributed by atoms with Gasteiger partial charge in [-0.3, -0.25) is 4.52 Å². The second-order valence-electron chi connectivity index (χ2n) is 6.93. The highest BCUT2D eigenvalue weighted by atomic mass is 16.6. The molecular formula is C18H25N3O5. The van der Waals surface area contributed by atoms with Crippen LogP contribution < -0.4 is 10.1 Å². The molecule has 0 saturated heterocycles. The summed E-state index contributed by atoms with van der Waals surface area (Å²) in [4.78, 5) is 15.9. The number of hydrogen-bond acceptors (Lipinski definition) is 7. The van der Waals surface area contributed by atoms with Gasteiger partial charge in [0.2, 0.25) is 0 Å². The monoisotopic (exact) mass is 363 g/mol. The zero-order valence-corrected chi connectivity index (χ0v) is 15.5. The van der Waals surface area contributed by atoms with Crippen LogP contribution in [0.2, 0.25) is 0 Å². The molecule has 0 aliphatic carbocycles. The highest BCUT2D eigenvalue weighted by Crippen LogP contribution is 2.16. The highest BCUT2D eigenvalue weighted by Gasteiger charge is 2.20. The van der Waals surface area contributed by atoms with Crippen LogP contribution in [0.25, 0.3) is 0 Å². The normalized spacial score (nSPS) is 12.5. The van der Waals surface area contributed by atoms with Crippen molar-refractivity contribution in [2.45, 2.75) is 51.7 Å². The molecule has 0 saturated carbocycles.